The average Bonchev–Trinajstić information content (AvgIpc) is 2.45. The van der Waals surface area contributed by atoms with Gasteiger partial charge in [-0.2, -0.15) is 10.5 Å². The molecule has 0 aliphatic rings. The van der Waals surface area contributed by atoms with Crippen molar-refractivity contribution in [1.29, 1.82) is 10.5 Å². The highest BCUT2D eigenvalue weighted by molar-refractivity contribution is 5.51. The van der Waals surface area contributed by atoms with Crippen molar-refractivity contribution >= 4 is 0 Å². The van der Waals surface area contributed by atoms with Crippen LogP contribution in [0.2, 0.25) is 0 Å². The molecule has 82 valence electrons. The SMILES string of the molecule is N#Cc1cccc(C#Cc2ccccc2C#N)c1. The number of nitrogens with zero attached hydrogens (tertiary/aromatic N) is 2. The molecule has 2 heteroatoms. The molecule has 0 N–H and O–H groups in total. The molecule has 2 rings (SSSR count). The molecule has 0 saturated carbocycles. The quantitative estimate of drug-likeness (QED) is 0.651. The van der Waals surface area contributed by atoms with Gasteiger partial charge in [0.25, 0.3) is 0 Å². The van der Waals surface area contributed by atoms with Crippen molar-refractivity contribution in [2.24, 2.45) is 0 Å². The molecule has 0 spiro atoms. The van der Waals surface area contributed by atoms with Crippen LogP contribution in [-0.2, 0) is 0 Å². The van der Waals surface area contributed by atoms with Crippen LogP contribution < -0.4 is 0 Å². The Labute approximate surface area is 106 Å². The smallest absolute Gasteiger partial charge is 0.100 e. The van der Waals surface area contributed by atoms with Gasteiger partial charge in [-0.15, -0.1) is 0 Å². The monoisotopic (exact) mass is 228 g/mol. The van der Waals surface area contributed by atoms with E-state index >= 15 is 0 Å². The van der Waals surface area contributed by atoms with Crippen LogP contribution in [0.5, 0.6) is 0 Å². The number of benzene rings is 2. The first-order valence-corrected chi connectivity index (χ1v) is 5.35. The van der Waals surface area contributed by atoms with E-state index in [2.05, 4.69) is 24.0 Å². The zero-order chi connectivity index (χ0) is 12.8. The van der Waals surface area contributed by atoms with Crippen LogP contribution in [0.4, 0.5) is 0 Å². The summed E-state index contributed by atoms with van der Waals surface area (Å²) in [5.74, 6) is 5.91. The maximum Gasteiger partial charge on any atom is 0.100 e. The zero-order valence-corrected chi connectivity index (χ0v) is 9.51. The van der Waals surface area contributed by atoms with Crippen LogP contribution in [0.15, 0.2) is 48.5 Å². The second-order valence-electron chi connectivity index (χ2n) is 3.60. The van der Waals surface area contributed by atoms with Gasteiger partial charge in [0, 0.05) is 11.1 Å². The van der Waals surface area contributed by atoms with Gasteiger partial charge in [-0.1, -0.05) is 30.0 Å². The number of hydrogen-bond donors (Lipinski definition) is 0. The lowest BCUT2D eigenvalue weighted by Gasteiger charge is -1.93. The number of hydrogen-bond acceptors (Lipinski definition) is 2. The second-order valence-corrected chi connectivity index (χ2v) is 3.60. The fourth-order valence-electron chi connectivity index (χ4n) is 1.50. The predicted molar refractivity (Wildman–Crippen MR) is 68.3 cm³/mol. The molecule has 0 aromatic heterocycles. The standard InChI is InChI=1S/C16H8N2/c17-11-14-5-3-4-13(10-14)8-9-15-6-1-2-7-16(15)12-18/h1-7,10H. The van der Waals surface area contributed by atoms with Crippen molar-refractivity contribution in [1.82, 2.24) is 0 Å². The lowest BCUT2D eigenvalue weighted by atomic mass is 10.1. The first-order valence-electron chi connectivity index (χ1n) is 5.35. The third kappa shape index (κ3) is 2.56. The first kappa shape index (κ1) is 11.5. The molecule has 2 aromatic carbocycles. The van der Waals surface area contributed by atoms with Crippen molar-refractivity contribution in [3.05, 3.63) is 70.8 Å². The number of rotatable bonds is 0. The van der Waals surface area contributed by atoms with Crippen LogP contribution in [0.1, 0.15) is 22.3 Å². The molecule has 0 amide bonds. The summed E-state index contributed by atoms with van der Waals surface area (Å²) in [4.78, 5) is 0. The van der Waals surface area contributed by atoms with Gasteiger partial charge in [0.1, 0.15) is 6.07 Å². The highest BCUT2D eigenvalue weighted by Gasteiger charge is 1.96. The predicted octanol–water partition coefficient (Wildman–Crippen LogP) is 2.83. The van der Waals surface area contributed by atoms with E-state index in [9.17, 15) is 0 Å². The minimum atomic E-state index is 0.557. The van der Waals surface area contributed by atoms with Gasteiger partial charge in [0.2, 0.25) is 0 Å². The third-order valence-electron chi connectivity index (χ3n) is 2.38. The van der Waals surface area contributed by atoms with E-state index in [1.54, 1.807) is 36.4 Å². The van der Waals surface area contributed by atoms with Crippen LogP contribution in [0, 0.1) is 34.5 Å². The fraction of sp³-hybridized carbons (Fsp3) is 0. The lowest BCUT2D eigenvalue weighted by molar-refractivity contribution is 1.46. The summed E-state index contributed by atoms with van der Waals surface area (Å²) in [6.07, 6.45) is 0. The molecule has 18 heavy (non-hydrogen) atoms. The van der Waals surface area contributed by atoms with Gasteiger partial charge in [0.15, 0.2) is 0 Å². The highest BCUT2D eigenvalue weighted by atomic mass is 14.2. The van der Waals surface area contributed by atoms with E-state index in [1.165, 1.54) is 0 Å². The largest absolute Gasteiger partial charge is 0.192 e. The maximum absolute atomic E-state index is 8.94. The van der Waals surface area contributed by atoms with E-state index < -0.39 is 0 Å². The molecular weight excluding hydrogens is 220 g/mol. The van der Waals surface area contributed by atoms with Crippen LogP contribution in [0.25, 0.3) is 0 Å². The Morgan fingerprint density at radius 1 is 0.667 bits per heavy atom. The Bertz CT molecular complexity index is 719. The van der Waals surface area contributed by atoms with Gasteiger partial charge in [0.05, 0.1) is 17.2 Å². The van der Waals surface area contributed by atoms with Crippen molar-refractivity contribution in [3.8, 4) is 24.0 Å². The third-order valence-corrected chi connectivity index (χ3v) is 2.38. The number of nitriles is 2. The molecule has 2 aromatic rings. The normalized spacial score (nSPS) is 8.56. The summed E-state index contributed by atoms with van der Waals surface area (Å²) < 4.78 is 0. The van der Waals surface area contributed by atoms with Crippen molar-refractivity contribution in [2.75, 3.05) is 0 Å². The van der Waals surface area contributed by atoms with Crippen LogP contribution >= 0.6 is 0 Å². The minimum absolute atomic E-state index is 0.557. The summed E-state index contributed by atoms with van der Waals surface area (Å²) in [5.41, 5.74) is 2.60. The van der Waals surface area contributed by atoms with Gasteiger partial charge in [-0.05, 0) is 30.3 Å². The Hall–Kier alpha value is -3.02. The highest BCUT2D eigenvalue weighted by Crippen LogP contribution is 2.07. The van der Waals surface area contributed by atoms with E-state index in [1.807, 2.05) is 12.1 Å². The van der Waals surface area contributed by atoms with Crippen molar-refractivity contribution in [2.45, 2.75) is 0 Å². The molecule has 0 saturated heterocycles. The summed E-state index contributed by atoms with van der Waals surface area (Å²) in [6, 6.07) is 18.4. The summed E-state index contributed by atoms with van der Waals surface area (Å²) >= 11 is 0. The van der Waals surface area contributed by atoms with Crippen LogP contribution in [0.3, 0.4) is 0 Å². The second kappa shape index (κ2) is 5.35. The maximum atomic E-state index is 8.94. The Morgan fingerprint density at radius 3 is 2.11 bits per heavy atom. The molecular formula is C16H8N2. The van der Waals surface area contributed by atoms with Gasteiger partial charge in [-0.25, -0.2) is 0 Å². The molecule has 0 fully saturated rings. The Morgan fingerprint density at radius 2 is 1.39 bits per heavy atom. The summed E-state index contributed by atoms with van der Waals surface area (Å²) in [7, 11) is 0. The van der Waals surface area contributed by atoms with Crippen LogP contribution in [-0.4, -0.2) is 0 Å². The fourth-order valence-corrected chi connectivity index (χ4v) is 1.50. The molecule has 0 atom stereocenters. The first-order chi connectivity index (χ1) is 8.83. The molecule has 2 nitrogen and oxygen atoms in total. The molecule has 0 radical (unpaired) electrons. The summed E-state index contributed by atoms with van der Waals surface area (Å²) in [6.45, 7) is 0. The topological polar surface area (TPSA) is 47.6 Å². The van der Waals surface area contributed by atoms with E-state index in [-0.39, 0.29) is 0 Å². The van der Waals surface area contributed by atoms with Gasteiger partial charge < -0.3 is 0 Å². The molecule has 0 aliphatic carbocycles. The average molecular weight is 228 g/mol. The van der Waals surface area contributed by atoms with Crippen molar-refractivity contribution in [3.63, 3.8) is 0 Å². The molecule has 0 unspecified atom stereocenters. The lowest BCUT2D eigenvalue weighted by Crippen LogP contribution is -1.82. The van der Waals surface area contributed by atoms with E-state index in [4.69, 9.17) is 10.5 Å². The van der Waals surface area contributed by atoms with Crippen molar-refractivity contribution < 1.29 is 0 Å². The summed E-state index contributed by atoms with van der Waals surface area (Å²) in [5, 5.41) is 17.7. The van der Waals surface area contributed by atoms with E-state index in [0.29, 0.717) is 16.7 Å². The Balaban J connectivity index is 2.38. The molecule has 0 bridgehead atoms. The van der Waals surface area contributed by atoms with Gasteiger partial charge in [-0.3, -0.25) is 0 Å². The van der Waals surface area contributed by atoms with Gasteiger partial charge >= 0.3 is 0 Å². The minimum Gasteiger partial charge on any atom is -0.192 e. The molecule has 0 aliphatic heterocycles. The molecule has 0 heterocycles. The Kier molecular flexibility index (Phi) is 3.41. The zero-order valence-electron chi connectivity index (χ0n) is 9.51. The van der Waals surface area contributed by atoms with E-state index in [0.717, 1.165) is 5.56 Å².